The van der Waals surface area contributed by atoms with Gasteiger partial charge in [-0.1, -0.05) is 0 Å². The van der Waals surface area contributed by atoms with Gasteiger partial charge in [0.15, 0.2) is 0 Å². The Morgan fingerprint density at radius 1 is 1.40 bits per heavy atom. The largest absolute Gasteiger partial charge is 0.366 e. The van der Waals surface area contributed by atoms with Gasteiger partial charge in [-0.3, -0.25) is 4.79 Å². The van der Waals surface area contributed by atoms with Gasteiger partial charge in [0, 0.05) is 17.8 Å². The molecule has 4 heteroatoms. The zero-order valence-corrected chi connectivity index (χ0v) is 9.19. The van der Waals surface area contributed by atoms with Crippen LogP contribution in [0.15, 0.2) is 24.3 Å². The van der Waals surface area contributed by atoms with Gasteiger partial charge < -0.3 is 9.64 Å². The summed E-state index contributed by atoms with van der Waals surface area (Å²) < 4.78 is 5.34. The van der Waals surface area contributed by atoms with Crippen LogP contribution < -0.4 is 4.90 Å². The number of carbonyl (C=O) groups is 1. The van der Waals surface area contributed by atoms with Crippen LogP contribution in [0, 0.1) is 0 Å². The van der Waals surface area contributed by atoms with E-state index in [2.05, 4.69) is 17.5 Å². The summed E-state index contributed by atoms with van der Waals surface area (Å²) in [6, 6.07) is 7.56. The van der Waals surface area contributed by atoms with E-state index in [1.807, 2.05) is 24.3 Å². The van der Waals surface area contributed by atoms with Crippen molar-refractivity contribution in [2.45, 2.75) is 5.44 Å². The first-order valence-corrected chi connectivity index (χ1v) is 5.41. The molecule has 0 aliphatic carbocycles. The van der Waals surface area contributed by atoms with Crippen molar-refractivity contribution in [2.24, 2.45) is 0 Å². The maximum absolute atomic E-state index is 10.5. The molecule has 80 valence electrons. The van der Waals surface area contributed by atoms with E-state index >= 15 is 0 Å². The summed E-state index contributed by atoms with van der Waals surface area (Å²) in [7, 11) is 0. The molecule has 1 heterocycles. The number of rotatable bonds is 2. The average Bonchev–Trinajstić information content (AvgIpc) is 2.29. The smallest absolute Gasteiger partial charge is 0.150 e. The normalized spacial score (nSPS) is 21.4. The molecule has 1 aromatic rings. The van der Waals surface area contributed by atoms with Crippen LogP contribution >= 0.6 is 12.6 Å². The molecule has 1 fully saturated rings. The van der Waals surface area contributed by atoms with Crippen molar-refractivity contribution in [2.75, 3.05) is 24.6 Å². The maximum atomic E-state index is 10.5. The van der Waals surface area contributed by atoms with Gasteiger partial charge in [-0.15, -0.1) is 12.6 Å². The SMILES string of the molecule is O=Cc1ccc(N2CCOC(S)C2)cc1. The summed E-state index contributed by atoms with van der Waals surface area (Å²) in [5, 5.41) is 0. The lowest BCUT2D eigenvalue weighted by molar-refractivity contribution is 0.0997. The molecule has 1 atom stereocenters. The third-order valence-electron chi connectivity index (χ3n) is 2.44. The highest BCUT2D eigenvalue weighted by molar-refractivity contribution is 7.80. The molecule has 0 amide bonds. The zero-order chi connectivity index (χ0) is 10.7. The van der Waals surface area contributed by atoms with Gasteiger partial charge in [-0.2, -0.15) is 0 Å². The number of hydrogen-bond donors (Lipinski definition) is 1. The molecule has 0 bridgehead atoms. The van der Waals surface area contributed by atoms with Gasteiger partial charge in [0.1, 0.15) is 11.7 Å². The van der Waals surface area contributed by atoms with Gasteiger partial charge in [-0.25, -0.2) is 0 Å². The fraction of sp³-hybridized carbons (Fsp3) is 0.364. The van der Waals surface area contributed by atoms with Crippen LogP contribution in [0.1, 0.15) is 10.4 Å². The number of morpholine rings is 1. The number of anilines is 1. The fourth-order valence-corrected chi connectivity index (χ4v) is 1.93. The lowest BCUT2D eigenvalue weighted by atomic mass is 10.2. The van der Waals surface area contributed by atoms with Crippen LogP contribution in [-0.4, -0.2) is 31.4 Å². The van der Waals surface area contributed by atoms with E-state index in [4.69, 9.17) is 4.74 Å². The Morgan fingerprint density at radius 2 is 2.13 bits per heavy atom. The minimum Gasteiger partial charge on any atom is -0.366 e. The molecule has 1 aliphatic rings. The number of aldehydes is 1. The first-order valence-electron chi connectivity index (χ1n) is 4.89. The van der Waals surface area contributed by atoms with Gasteiger partial charge in [-0.05, 0) is 24.3 Å². The summed E-state index contributed by atoms with van der Waals surface area (Å²) in [4.78, 5) is 12.7. The molecule has 15 heavy (non-hydrogen) atoms. The summed E-state index contributed by atoms with van der Waals surface area (Å²) in [6.07, 6.45) is 0.852. The number of ether oxygens (including phenoxy) is 1. The molecule has 1 saturated heterocycles. The second-order valence-corrected chi connectivity index (χ2v) is 4.06. The molecule has 1 unspecified atom stereocenters. The van der Waals surface area contributed by atoms with Gasteiger partial charge >= 0.3 is 0 Å². The second-order valence-electron chi connectivity index (χ2n) is 3.48. The highest BCUT2D eigenvalue weighted by atomic mass is 32.1. The predicted octanol–water partition coefficient (Wildman–Crippen LogP) is 1.59. The fourth-order valence-electron chi connectivity index (χ4n) is 1.63. The summed E-state index contributed by atoms with van der Waals surface area (Å²) in [6.45, 7) is 2.35. The topological polar surface area (TPSA) is 29.5 Å². The Hall–Kier alpha value is -1.00. The minimum absolute atomic E-state index is 0.0236. The standard InChI is InChI=1S/C11H13NO2S/c13-8-9-1-3-10(4-2-9)12-5-6-14-11(15)7-12/h1-4,8,11,15H,5-7H2. The number of carbonyl (C=O) groups excluding carboxylic acids is 1. The van der Waals surface area contributed by atoms with E-state index in [9.17, 15) is 4.79 Å². The molecule has 2 rings (SSSR count). The van der Waals surface area contributed by atoms with E-state index in [1.165, 1.54) is 0 Å². The van der Waals surface area contributed by atoms with Crippen molar-refractivity contribution in [1.82, 2.24) is 0 Å². The highest BCUT2D eigenvalue weighted by Gasteiger charge is 2.17. The molecule has 3 nitrogen and oxygen atoms in total. The molecule has 0 N–H and O–H groups in total. The van der Waals surface area contributed by atoms with Crippen LogP contribution in [0.5, 0.6) is 0 Å². The van der Waals surface area contributed by atoms with Gasteiger partial charge in [0.2, 0.25) is 0 Å². The van der Waals surface area contributed by atoms with Crippen LogP contribution in [0.4, 0.5) is 5.69 Å². The minimum atomic E-state index is -0.0236. The van der Waals surface area contributed by atoms with Crippen LogP contribution in [0.25, 0.3) is 0 Å². The molecular weight excluding hydrogens is 210 g/mol. The molecule has 1 aliphatic heterocycles. The quantitative estimate of drug-likeness (QED) is 0.610. The number of benzene rings is 1. The monoisotopic (exact) mass is 223 g/mol. The van der Waals surface area contributed by atoms with E-state index in [0.29, 0.717) is 12.2 Å². The Kier molecular flexibility index (Phi) is 3.28. The highest BCUT2D eigenvalue weighted by Crippen LogP contribution is 2.18. The van der Waals surface area contributed by atoms with Gasteiger partial charge in [0.25, 0.3) is 0 Å². The van der Waals surface area contributed by atoms with E-state index in [0.717, 1.165) is 25.1 Å². The van der Waals surface area contributed by atoms with Crippen LogP contribution in [-0.2, 0) is 4.74 Å². The molecule has 0 aromatic heterocycles. The average molecular weight is 223 g/mol. The third-order valence-corrected chi connectivity index (χ3v) is 2.75. The number of hydrogen-bond acceptors (Lipinski definition) is 4. The van der Waals surface area contributed by atoms with Crippen LogP contribution in [0.3, 0.4) is 0 Å². The molecule has 0 spiro atoms. The molecular formula is C11H13NO2S. The Labute approximate surface area is 94.4 Å². The Balaban J connectivity index is 2.11. The molecule has 1 aromatic carbocycles. The van der Waals surface area contributed by atoms with Gasteiger partial charge in [0.05, 0.1) is 13.2 Å². The van der Waals surface area contributed by atoms with Crippen molar-refractivity contribution >= 4 is 24.6 Å². The summed E-state index contributed by atoms with van der Waals surface area (Å²) >= 11 is 4.29. The van der Waals surface area contributed by atoms with E-state index < -0.39 is 0 Å². The third kappa shape index (κ3) is 2.52. The van der Waals surface area contributed by atoms with Crippen molar-refractivity contribution in [3.05, 3.63) is 29.8 Å². The first-order chi connectivity index (χ1) is 7.29. The maximum Gasteiger partial charge on any atom is 0.150 e. The summed E-state index contributed by atoms with van der Waals surface area (Å²) in [5.41, 5.74) is 1.79. The van der Waals surface area contributed by atoms with Crippen molar-refractivity contribution in [3.8, 4) is 0 Å². The van der Waals surface area contributed by atoms with E-state index in [1.54, 1.807) is 0 Å². The molecule has 0 saturated carbocycles. The van der Waals surface area contributed by atoms with Crippen LogP contribution in [0.2, 0.25) is 0 Å². The lowest BCUT2D eigenvalue weighted by Crippen LogP contribution is -2.40. The summed E-state index contributed by atoms with van der Waals surface area (Å²) in [5.74, 6) is 0. The molecule has 0 radical (unpaired) electrons. The number of thiol groups is 1. The lowest BCUT2D eigenvalue weighted by Gasteiger charge is -2.32. The first kappa shape index (κ1) is 10.5. The zero-order valence-electron chi connectivity index (χ0n) is 8.30. The second kappa shape index (κ2) is 4.68. The van der Waals surface area contributed by atoms with E-state index in [-0.39, 0.29) is 5.44 Å². The predicted molar refractivity (Wildman–Crippen MR) is 62.8 cm³/mol. The van der Waals surface area contributed by atoms with Crippen molar-refractivity contribution < 1.29 is 9.53 Å². The number of nitrogens with zero attached hydrogens (tertiary/aromatic N) is 1. The Morgan fingerprint density at radius 3 is 2.73 bits per heavy atom. The van der Waals surface area contributed by atoms with Crippen molar-refractivity contribution in [3.63, 3.8) is 0 Å². The Bertz CT molecular complexity index is 339. The van der Waals surface area contributed by atoms with Crippen molar-refractivity contribution in [1.29, 1.82) is 0 Å².